The van der Waals surface area contributed by atoms with Crippen LogP contribution in [-0.2, 0) is 14.8 Å². The third-order valence-electron chi connectivity index (χ3n) is 2.86. The minimum Gasteiger partial charge on any atom is -0.326 e. The second-order valence-electron chi connectivity index (χ2n) is 4.27. The molecule has 1 atom stereocenters. The third-order valence-corrected chi connectivity index (χ3v) is 3.98. The summed E-state index contributed by atoms with van der Waals surface area (Å²) >= 11 is 2.31. The van der Waals surface area contributed by atoms with Gasteiger partial charge in [0.1, 0.15) is 0 Å². The van der Waals surface area contributed by atoms with Gasteiger partial charge in [-0.25, -0.2) is 0 Å². The van der Waals surface area contributed by atoms with Gasteiger partial charge in [-0.1, -0.05) is 28.7 Å². The van der Waals surface area contributed by atoms with Crippen molar-refractivity contribution in [3.05, 3.63) is 29.3 Å². The number of nitrogens with one attached hydrogen (secondary N) is 1. The highest BCUT2D eigenvalue weighted by molar-refractivity contribution is 14.1. The van der Waals surface area contributed by atoms with Gasteiger partial charge in [-0.05, 0) is 42.5 Å². The van der Waals surface area contributed by atoms with Crippen molar-refractivity contribution in [1.29, 1.82) is 0 Å². The second kappa shape index (κ2) is 4.33. The van der Waals surface area contributed by atoms with Gasteiger partial charge in [0.25, 0.3) is 0 Å². The van der Waals surface area contributed by atoms with Gasteiger partial charge >= 0.3 is 0 Å². The number of halogens is 1. The second-order valence-corrected chi connectivity index (χ2v) is 6.19. The van der Waals surface area contributed by atoms with E-state index in [9.17, 15) is 4.79 Å². The molecule has 0 aromatic heterocycles. The number of fused-ring (bicyclic) bond motifs is 1. The predicted octanol–water partition coefficient (Wildman–Crippen LogP) is 2.53. The smallest absolute Gasteiger partial charge is 0.221 e. The molecule has 0 aliphatic heterocycles. The van der Waals surface area contributed by atoms with Crippen molar-refractivity contribution in [3.63, 3.8) is 0 Å². The molecule has 0 fully saturated rings. The van der Waals surface area contributed by atoms with E-state index in [4.69, 9.17) is 5.73 Å². The Morgan fingerprint density at radius 1 is 1.56 bits per heavy atom. The molecule has 0 saturated carbocycles. The average molecular weight is 330 g/mol. The van der Waals surface area contributed by atoms with Gasteiger partial charge in [0.15, 0.2) is 0 Å². The first-order valence-electron chi connectivity index (χ1n) is 5.38. The summed E-state index contributed by atoms with van der Waals surface area (Å²) in [5.74, 6) is -0.0377. The normalized spacial score (nSPS) is 23.7. The van der Waals surface area contributed by atoms with Gasteiger partial charge in [0.05, 0.1) is 3.55 Å². The molecule has 1 unspecified atom stereocenters. The SMILES string of the molecule is CC(=O)Nc1ccc2c(c1)CCCC2(N)I. The lowest BCUT2D eigenvalue weighted by molar-refractivity contribution is -0.114. The van der Waals surface area contributed by atoms with Crippen molar-refractivity contribution < 1.29 is 4.79 Å². The molecule has 0 saturated heterocycles. The number of hydrogen-bond donors (Lipinski definition) is 2. The lowest BCUT2D eigenvalue weighted by atomic mass is 9.88. The Kier molecular flexibility index (Phi) is 3.21. The number of benzene rings is 1. The topological polar surface area (TPSA) is 55.1 Å². The molecular weight excluding hydrogens is 315 g/mol. The van der Waals surface area contributed by atoms with E-state index in [0.717, 1.165) is 24.9 Å². The fraction of sp³-hybridized carbons (Fsp3) is 0.417. The van der Waals surface area contributed by atoms with Gasteiger partial charge in [-0.2, -0.15) is 0 Å². The molecule has 0 heterocycles. The van der Waals surface area contributed by atoms with Crippen molar-refractivity contribution >= 4 is 34.2 Å². The minimum absolute atomic E-state index is 0.0377. The maximum atomic E-state index is 11.0. The molecule has 86 valence electrons. The molecule has 2 rings (SSSR count). The summed E-state index contributed by atoms with van der Waals surface area (Å²) in [4.78, 5) is 11.0. The van der Waals surface area contributed by atoms with E-state index in [1.807, 2.05) is 18.2 Å². The fourth-order valence-electron chi connectivity index (χ4n) is 2.16. The van der Waals surface area contributed by atoms with Crippen LogP contribution >= 0.6 is 22.6 Å². The number of nitrogens with two attached hydrogens (primary N) is 1. The van der Waals surface area contributed by atoms with Crippen LogP contribution in [-0.4, -0.2) is 5.91 Å². The number of hydrogen-bond acceptors (Lipinski definition) is 2. The largest absolute Gasteiger partial charge is 0.326 e. The van der Waals surface area contributed by atoms with Crippen molar-refractivity contribution in [3.8, 4) is 0 Å². The molecular formula is C12H15IN2O. The van der Waals surface area contributed by atoms with Crippen LogP contribution < -0.4 is 11.1 Å². The standard InChI is InChI=1S/C12H15IN2O/c1-8(16)15-10-4-5-11-9(7-10)3-2-6-12(11,13)14/h4-5,7H,2-3,6,14H2,1H3,(H,15,16). The summed E-state index contributed by atoms with van der Waals surface area (Å²) < 4.78 is -0.250. The summed E-state index contributed by atoms with van der Waals surface area (Å²) in [6, 6.07) is 5.99. The molecule has 3 nitrogen and oxygen atoms in total. The van der Waals surface area contributed by atoms with Gasteiger partial charge in [0.2, 0.25) is 5.91 Å². The van der Waals surface area contributed by atoms with Gasteiger partial charge in [-0.15, -0.1) is 0 Å². The number of anilines is 1. The van der Waals surface area contributed by atoms with Crippen LogP contribution in [0.1, 0.15) is 30.9 Å². The number of carbonyl (C=O) groups excluding carboxylic acids is 1. The molecule has 1 aliphatic carbocycles. The molecule has 16 heavy (non-hydrogen) atoms. The Bertz CT molecular complexity index is 429. The van der Waals surface area contributed by atoms with Crippen LogP contribution in [0.25, 0.3) is 0 Å². The maximum Gasteiger partial charge on any atom is 0.221 e. The average Bonchev–Trinajstić information content (AvgIpc) is 2.15. The lowest BCUT2D eigenvalue weighted by Crippen LogP contribution is -2.33. The molecule has 1 aliphatic rings. The predicted molar refractivity (Wildman–Crippen MR) is 73.6 cm³/mol. The highest BCUT2D eigenvalue weighted by atomic mass is 127. The van der Waals surface area contributed by atoms with Crippen molar-refractivity contribution in [2.24, 2.45) is 5.73 Å². The summed E-state index contributed by atoms with van der Waals surface area (Å²) in [5.41, 5.74) is 9.56. The number of carbonyl (C=O) groups is 1. The van der Waals surface area contributed by atoms with Crippen molar-refractivity contribution in [1.82, 2.24) is 0 Å². The van der Waals surface area contributed by atoms with Crippen molar-refractivity contribution in [2.75, 3.05) is 5.32 Å². The van der Waals surface area contributed by atoms with Crippen LogP contribution in [0.3, 0.4) is 0 Å². The van der Waals surface area contributed by atoms with Crippen LogP contribution in [0, 0.1) is 0 Å². The van der Waals surface area contributed by atoms with Crippen LogP contribution in [0.2, 0.25) is 0 Å². The van der Waals surface area contributed by atoms with E-state index in [1.165, 1.54) is 18.1 Å². The Labute approximate surface area is 109 Å². The molecule has 1 amide bonds. The van der Waals surface area contributed by atoms with Crippen LogP contribution in [0.5, 0.6) is 0 Å². The zero-order valence-corrected chi connectivity index (χ0v) is 11.4. The number of rotatable bonds is 1. The van der Waals surface area contributed by atoms with E-state index >= 15 is 0 Å². The Balaban J connectivity index is 2.36. The van der Waals surface area contributed by atoms with E-state index in [1.54, 1.807) is 0 Å². The summed E-state index contributed by atoms with van der Waals surface area (Å²) in [5, 5.41) is 2.80. The number of aryl methyl sites for hydroxylation is 1. The van der Waals surface area contributed by atoms with E-state index in [0.29, 0.717) is 0 Å². The first-order chi connectivity index (χ1) is 7.49. The lowest BCUT2D eigenvalue weighted by Gasteiger charge is -2.30. The first kappa shape index (κ1) is 11.9. The third kappa shape index (κ3) is 2.38. The van der Waals surface area contributed by atoms with E-state index < -0.39 is 0 Å². The molecule has 0 spiro atoms. The molecule has 3 N–H and O–H groups in total. The Morgan fingerprint density at radius 2 is 2.31 bits per heavy atom. The summed E-state index contributed by atoms with van der Waals surface area (Å²) in [7, 11) is 0. The van der Waals surface area contributed by atoms with E-state index in [-0.39, 0.29) is 9.45 Å². The summed E-state index contributed by atoms with van der Waals surface area (Å²) in [6.07, 6.45) is 3.17. The molecule has 1 aromatic rings. The molecule has 4 heteroatoms. The van der Waals surface area contributed by atoms with Crippen molar-refractivity contribution in [2.45, 2.75) is 29.7 Å². The maximum absolute atomic E-state index is 11.0. The van der Waals surface area contributed by atoms with Crippen LogP contribution in [0.15, 0.2) is 18.2 Å². The zero-order chi connectivity index (χ0) is 11.8. The number of alkyl halides is 1. The van der Waals surface area contributed by atoms with Gasteiger partial charge in [0, 0.05) is 12.6 Å². The van der Waals surface area contributed by atoms with Crippen LogP contribution in [0.4, 0.5) is 5.69 Å². The molecule has 1 aromatic carbocycles. The Morgan fingerprint density at radius 3 is 3.00 bits per heavy atom. The first-order valence-corrected chi connectivity index (χ1v) is 6.46. The fourth-order valence-corrected chi connectivity index (χ4v) is 3.07. The monoisotopic (exact) mass is 330 g/mol. The molecule has 0 bridgehead atoms. The van der Waals surface area contributed by atoms with E-state index in [2.05, 4.69) is 27.9 Å². The summed E-state index contributed by atoms with van der Waals surface area (Å²) in [6.45, 7) is 1.52. The highest BCUT2D eigenvalue weighted by Crippen LogP contribution is 2.39. The van der Waals surface area contributed by atoms with Gasteiger partial charge in [-0.3, -0.25) is 4.79 Å². The Hall–Kier alpha value is -0.620. The minimum atomic E-state index is -0.250. The number of amides is 1. The highest BCUT2D eigenvalue weighted by Gasteiger charge is 2.29. The molecule has 0 radical (unpaired) electrons. The quantitative estimate of drug-likeness (QED) is 0.472. The zero-order valence-electron chi connectivity index (χ0n) is 9.22. The van der Waals surface area contributed by atoms with Gasteiger partial charge < -0.3 is 11.1 Å².